The summed E-state index contributed by atoms with van der Waals surface area (Å²) in [6.45, 7) is 6.25. The summed E-state index contributed by atoms with van der Waals surface area (Å²) in [5.74, 6) is -0.432. The Morgan fingerprint density at radius 3 is 2.28 bits per heavy atom. The van der Waals surface area contributed by atoms with Crippen molar-refractivity contribution in [2.75, 3.05) is 36.5 Å². The molecule has 2 aromatic carbocycles. The third kappa shape index (κ3) is 5.96. The monoisotopic (exact) mass is 398 g/mol. The van der Waals surface area contributed by atoms with Gasteiger partial charge in [-0.15, -0.1) is 0 Å². The van der Waals surface area contributed by atoms with Crippen LogP contribution in [0.2, 0.25) is 0 Å². The standard InChI is InChI=1S/C22H26N2O5/c1-16(29-22(26)17(2)28-20-6-4-3-5-7-20)21(25)23-18-8-10-19(11-9-18)24-12-14-27-15-13-24/h3-11,16-17H,12-15H2,1-2H3,(H,23,25). The number of esters is 1. The molecule has 1 heterocycles. The van der Waals surface area contributed by atoms with Gasteiger partial charge in [0.1, 0.15) is 5.75 Å². The number of anilines is 2. The van der Waals surface area contributed by atoms with Gasteiger partial charge in [0.15, 0.2) is 12.2 Å². The summed E-state index contributed by atoms with van der Waals surface area (Å²) in [5.41, 5.74) is 1.72. The van der Waals surface area contributed by atoms with Crippen molar-refractivity contribution in [1.29, 1.82) is 0 Å². The van der Waals surface area contributed by atoms with Crippen molar-refractivity contribution in [2.45, 2.75) is 26.1 Å². The van der Waals surface area contributed by atoms with E-state index < -0.39 is 24.1 Å². The molecule has 2 atom stereocenters. The van der Waals surface area contributed by atoms with Gasteiger partial charge in [-0.3, -0.25) is 4.79 Å². The van der Waals surface area contributed by atoms with Gasteiger partial charge in [-0.05, 0) is 50.2 Å². The van der Waals surface area contributed by atoms with Crippen molar-refractivity contribution >= 4 is 23.3 Å². The number of para-hydroxylation sites is 1. The summed E-state index contributed by atoms with van der Waals surface area (Å²) in [6, 6.07) is 16.6. The second-order valence-electron chi connectivity index (χ2n) is 6.79. The highest BCUT2D eigenvalue weighted by molar-refractivity contribution is 5.95. The van der Waals surface area contributed by atoms with E-state index in [4.69, 9.17) is 14.2 Å². The summed E-state index contributed by atoms with van der Waals surface area (Å²) >= 11 is 0. The molecule has 1 amide bonds. The molecule has 0 saturated carbocycles. The summed E-state index contributed by atoms with van der Waals surface area (Å²) in [5, 5.41) is 2.77. The quantitative estimate of drug-likeness (QED) is 0.723. The van der Waals surface area contributed by atoms with Crippen LogP contribution in [-0.4, -0.2) is 50.4 Å². The fourth-order valence-electron chi connectivity index (χ4n) is 2.90. The lowest BCUT2D eigenvalue weighted by atomic mass is 10.2. The lowest BCUT2D eigenvalue weighted by Gasteiger charge is -2.29. The van der Waals surface area contributed by atoms with Gasteiger partial charge in [0.2, 0.25) is 0 Å². The molecule has 0 aliphatic carbocycles. The summed E-state index contributed by atoms with van der Waals surface area (Å²) in [4.78, 5) is 26.8. The third-order valence-corrected chi connectivity index (χ3v) is 4.56. The number of nitrogens with zero attached hydrogens (tertiary/aromatic N) is 1. The number of ether oxygens (including phenoxy) is 3. The molecule has 0 aromatic heterocycles. The SMILES string of the molecule is CC(OC(=O)C(C)Oc1ccccc1)C(=O)Nc1ccc(N2CCOCC2)cc1. The smallest absolute Gasteiger partial charge is 0.347 e. The fraction of sp³-hybridized carbons (Fsp3) is 0.364. The normalized spacial score (nSPS) is 15.9. The summed E-state index contributed by atoms with van der Waals surface area (Å²) < 4.78 is 16.1. The maximum atomic E-state index is 12.4. The number of rotatable bonds is 7. The molecule has 1 saturated heterocycles. The molecule has 2 unspecified atom stereocenters. The van der Waals surface area contributed by atoms with Crippen LogP contribution in [0.4, 0.5) is 11.4 Å². The van der Waals surface area contributed by atoms with Crippen LogP contribution in [0.1, 0.15) is 13.8 Å². The number of amides is 1. The minimum atomic E-state index is -0.941. The van der Waals surface area contributed by atoms with E-state index >= 15 is 0 Å². The van der Waals surface area contributed by atoms with Gasteiger partial charge in [-0.25, -0.2) is 4.79 Å². The summed E-state index contributed by atoms with van der Waals surface area (Å²) in [6.07, 6.45) is -1.76. The number of hydrogen-bond donors (Lipinski definition) is 1. The zero-order valence-electron chi connectivity index (χ0n) is 16.7. The average molecular weight is 398 g/mol. The zero-order chi connectivity index (χ0) is 20.6. The van der Waals surface area contributed by atoms with Crippen molar-refractivity contribution in [3.63, 3.8) is 0 Å². The van der Waals surface area contributed by atoms with Crippen LogP contribution in [0.15, 0.2) is 54.6 Å². The van der Waals surface area contributed by atoms with Gasteiger partial charge < -0.3 is 24.4 Å². The molecular formula is C22H26N2O5. The molecular weight excluding hydrogens is 372 g/mol. The molecule has 1 aliphatic rings. The van der Waals surface area contributed by atoms with E-state index in [1.54, 1.807) is 19.1 Å². The molecule has 1 aliphatic heterocycles. The number of carbonyl (C=O) groups is 2. The van der Waals surface area contributed by atoms with Crippen molar-refractivity contribution < 1.29 is 23.8 Å². The van der Waals surface area contributed by atoms with Gasteiger partial charge in [0, 0.05) is 24.5 Å². The van der Waals surface area contributed by atoms with Crippen LogP contribution < -0.4 is 15.0 Å². The Kier molecular flexibility index (Phi) is 7.08. The van der Waals surface area contributed by atoms with Crippen LogP contribution in [0.5, 0.6) is 5.75 Å². The van der Waals surface area contributed by atoms with Crippen LogP contribution in [-0.2, 0) is 19.1 Å². The van der Waals surface area contributed by atoms with E-state index in [1.165, 1.54) is 6.92 Å². The molecule has 2 aromatic rings. The van der Waals surface area contributed by atoms with Gasteiger partial charge in [0.25, 0.3) is 5.91 Å². The number of hydrogen-bond acceptors (Lipinski definition) is 6. The van der Waals surface area contributed by atoms with Gasteiger partial charge in [-0.2, -0.15) is 0 Å². The van der Waals surface area contributed by atoms with E-state index in [9.17, 15) is 9.59 Å². The molecule has 0 bridgehead atoms. The summed E-state index contributed by atoms with van der Waals surface area (Å²) in [7, 11) is 0. The molecule has 7 heteroatoms. The van der Waals surface area contributed by atoms with E-state index in [0.717, 1.165) is 18.8 Å². The second-order valence-corrected chi connectivity index (χ2v) is 6.79. The lowest BCUT2D eigenvalue weighted by Crippen LogP contribution is -2.36. The topological polar surface area (TPSA) is 77.1 Å². The molecule has 3 rings (SSSR count). The molecule has 0 spiro atoms. The Balaban J connectivity index is 1.48. The van der Waals surface area contributed by atoms with Gasteiger partial charge in [-0.1, -0.05) is 18.2 Å². The van der Waals surface area contributed by atoms with E-state index in [1.807, 2.05) is 42.5 Å². The Hall–Kier alpha value is -3.06. The zero-order valence-corrected chi connectivity index (χ0v) is 16.7. The Morgan fingerprint density at radius 1 is 0.966 bits per heavy atom. The number of carbonyl (C=O) groups excluding carboxylic acids is 2. The first kappa shape index (κ1) is 20.7. The van der Waals surface area contributed by atoms with Crippen LogP contribution in [0, 0.1) is 0 Å². The molecule has 29 heavy (non-hydrogen) atoms. The minimum Gasteiger partial charge on any atom is -0.479 e. The van der Waals surface area contributed by atoms with Gasteiger partial charge in [0.05, 0.1) is 13.2 Å². The fourth-order valence-corrected chi connectivity index (χ4v) is 2.90. The third-order valence-electron chi connectivity index (χ3n) is 4.56. The van der Waals surface area contributed by atoms with Crippen LogP contribution in [0.3, 0.4) is 0 Å². The first-order chi connectivity index (χ1) is 14.0. The number of nitrogens with one attached hydrogen (secondary N) is 1. The largest absolute Gasteiger partial charge is 0.479 e. The molecule has 7 nitrogen and oxygen atoms in total. The van der Waals surface area contributed by atoms with Crippen molar-refractivity contribution in [3.8, 4) is 5.75 Å². The second kappa shape index (κ2) is 9.93. The number of benzene rings is 2. The van der Waals surface area contributed by atoms with Crippen molar-refractivity contribution in [2.24, 2.45) is 0 Å². The van der Waals surface area contributed by atoms with Gasteiger partial charge >= 0.3 is 5.97 Å². The predicted molar refractivity (Wildman–Crippen MR) is 110 cm³/mol. The number of morpholine rings is 1. The van der Waals surface area contributed by atoms with E-state index in [2.05, 4.69) is 10.2 Å². The first-order valence-corrected chi connectivity index (χ1v) is 9.69. The highest BCUT2D eigenvalue weighted by atomic mass is 16.6. The molecule has 1 fully saturated rings. The highest BCUT2D eigenvalue weighted by Gasteiger charge is 2.23. The molecule has 154 valence electrons. The predicted octanol–water partition coefficient (Wildman–Crippen LogP) is 2.86. The molecule has 0 radical (unpaired) electrons. The Morgan fingerprint density at radius 2 is 1.62 bits per heavy atom. The van der Waals surface area contributed by atoms with E-state index in [0.29, 0.717) is 24.7 Å². The minimum absolute atomic E-state index is 0.399. The van der Waals surface area contributed by atoms with Crippen LogP contribution >= 0.6 is 0 Å². The lowest BCUT2D eigenvalue weighted by molar-refractivity contribution is -0.159. The van der Waals surface area contributed by atoms with E-state index in [-0.39, 0.29) is 0 Å². The highest BCUT2D eigenvalue weighted by Crippen LogP contribution is 2.19. The Bertz CT molecular complexity index is 804. The average Bonchev–Trinajstić information content (AvgIpc) is 2.75. The van der Waals surface area contributed by atoms with Crippen LogP contribution in [0.25, 0.3) is 0 Å². The maximum absolute atomic E-state index is 12.4. The molecule has 1 N–H and O–H groups in total. The first-order valence-electron chi connectivity index (χ1n) is 9.69. The maximum Gasteiger partial charge on any atom is 0.347 e. The van der Waals surface area contributed by atoms with Crippen molar-refractivity contribution in [3.05, 3.63) is 54.6 Å². The Labute approximate surface area is 170 Å². The van der Waals surface area contributed by atoms with Crippen molar-refractivity contribution in [1.82, 2.24) is 0 Å².